The van der Waals surface area contributed by atoms with Crippen LogP contribution in [0.25, 0.3) is 16.1 Å². The van der Waals surface area contributed by atoms with E-state index in [-0.39, 0.29) is 45.9 Å². The average Bonchev–Trinajstić information content (AvgIpc) is 3.21. The third kappa shape index (κ3) is 3.24. The van der Waals surface area contributed by atoms with Crippen LogP contribution in [0.15, 0.2) is 28.8 Å². The molecule has 4 saturated carbocycles. The van der Waals surface area contributed by atoms with Gasteiger partial charge in [-0.3, -0.25) is 9.48 Å². The van der Waals surface area contributed by atoms with Crippen molar-refractivity contribution in [2.24, 2.45) is 5.41 Å². The number of ketones is 1. The topological polar surface area (TPSA) is 91.3 Å². The molecule has 0 saturated heterocycles. The molecule has 7 rings (SSSR count). The molecule has 4 aliphatic carbocycles. The van der Waals surface area contributed by atoms with Crippen molar-refractivity contribution in [2.75, 3.05) is 5.73 Å². The van der Waals surface area contributed by atoms with E-state index in [0.717, 1.165) is 37.8 Å². The maximum atomic E-state index is 15.2. The summed E-state index contributed by atoms with van der Waals surface area (Å²) in [7, 11) is 0. The molecule has 0 amide bonds. The molecule has 0 aliphatic heterocycles. The monoisotopic (exact) mass is 473 g/mol. The van der Waals surface area contributed by atoms with Crippen molar-refractivity contribution in [2.45, 2.75) is 76.2 Å². The summed E-state index contributed by atoms with van der Waals surface area (Å²) in [5, 5.41) is 8.74. The Hall–Kier alpha value is -3.47. The van der Waals surface area contributed by atoms with Crippen molar-refractivity contribution in [3.63, 3.8) is 0 Å². The first-order valence-corrected chi connectivity index (χ1v) is 12.1. The highest BCUT2D eigenvalue weighted by Gasteiger charge is 2.66. The lowest BCUT2D eigenvalue weighted by molar-refractivity contribution is -0.129. The molecule has 4 fully saturated rings. The van der Waals surface area contributed by atoms with Gasteiger partial charge in [-0.2, -0.15) is 5.10 Å². The zero-order valence-electron chi connectivity index (χ0n) is 20.2. The fourth-order valence-corrected chi connectivity index (χ4v) is 6.24. The van der Waals surface area contributed by atoms with Crippen molar-refractivity contribution in [1.29, 1.82) is 0 Å². The Morgan fingerprint density at radius 3 is 2.60 bits per heavy atom. The maximum absolute atomic E-state index is 15.2. The quantitative estimate of drug-likeness (QED) is 0.446. The van der Waals surface area contributed by atoms with E-state index in [9.17, 15) is 4.79 Å². The van der Waals surface area contributed by atoms with Crippen molar-refractivity contribution in [3.05, 3.63) is 58.5 Å². The molecule has 4 aliphatic rings. The Morgan fingerprint density at radius 1 is 1.29 bits per heavy atom. The number of aromatic nitrogens is 3. The van der Waals surface area contributed by atoms with Gasteiger partial charge in [0.15, 0.2) is 0 Å². The second-order valence-electron chi connectivity index (χ2n) is 11.5. The van der Waals surface area contributed by atoms with Crippen LogP contribution in [-0.4, -0.2) is 20.7 Å². The highest BCUT2D eigenvalue weighted by Crippen LogP contribution is 2.73. The summed E-state index contributed by atoms with van der Waals surface area (Å²) in [5.74, 6) is -0.297. The van der Waals surface area contributed by atoms with E-state index in [1.54, 1.807) is 23.7 Å². The van der Waals surface area contributed by atoms with Crippen LogP contribution in [0, 0.1) is 17.8 Å². The summed E-state index contributed by atoms with van der Waals surface area (Å²) in [6.45, 7) is 13.6. The van der Waals surface area contributed by atoms with E-state index in [1.165, 1.54) is 6.07 Å². The number of nitrogens with zero attached hydrogens (tertiary/aromatic N) is 4. The Balaban J connectivity index is 1.20. The Kier molecular flexibility index (Phi) is 4.42. The number of hydrogen-bond donors (Lipinski definition) is 1. The first kappa shape index (κ1) is 22.0. The molecule has 2 heterocycles. The van der Waals surface area contributed by atoms with Gasteiger partial charge in [-0.1, -0.05) is 31.1 Å². The molecule has 2 N–H and O–H groups in total. The molecule has 0 spiro atoms. The van der Waals surface area contributed by atoms with Crippen LogP contribution in [0.1, 0.15) is 75.8 Å². The van der Waals surface area contributed by atoms with E-state index < -0.39 is 11.7 Å². The molecular weight excluding hydrogens is 445 g/mol. The molecule has 1 aromatic carbocycles. The number of halogens is 1. The van der Waals surface area contributed by atoms with Gasteiger partial charge in [0.2, 0.25) is 0 Å². The van der Waals surface area contributed by atoms with Crippen molar-refractivity contribution in [3.8, 4) is 11.3 Å². The molecule has 2 bridgehead atoms. The number of Topliss-reactive ketones (excluding diaryl/α,β-unsaturated/α-hetero) is 1. The van der Waals surface area contributed by atoms with E-state index in [0.29, 0.717) is 16.7 Å². The predicted octanol–water partition coefficient (Wildman–Crippen LogP) is 5.68. The lowest BCUT2D eigenvalue weighted by Gasteiger charge is -2.68. The normalized spacial score (nSPS) is 26.4. The fourth-order valence-electron chi connectivity index (χ4n) is 6.24. The molecular formula is C27H28FN5O2. The lowest BCUT2D eigenvalue weighted by atomic mass is 9.35. The summed E-state index contributed by atoms with van der Waals surface area (Å²) in [5.41, 5.74) is 8.72. The minimum absolute atomic E-state index is 0.0681. The van der Waals surface area contributed by atoms with Crippen molar-refractivity contribution < 1.29 is 13.7 Å². The second-order valence-corrected chi connectivity index (χ2v) is 11.5. The Morgan fingerprint density at radius 2 is 2.00 bits per heavy atom. The highest BCUT2D eigenvalue weighted by atomic mass is 19.1. The molecule has 1 atom stereocenters. The van der Waals surface area contributed by atoms with Gasteiger partial charge >= 0.3 is 0 Å². The summed E-state index contributed by atoms with van der Waals surface area (Å²) < 4.78 is 22.4. The minimum atomic E-state index is -0.531. The molecule has 35 heavy (non-hydrogen) atoms. The Bertz CT molecular complexity index is 1400. The number of nitrogen functional groups attached to an aromatic ring is 1. The number of anilines is 1. The van der Waals surface area contributed by atoms with Crippen LogP contribution in [-0.2, 0) is 22.2 Å². The number of carbonyl (C=O) groups is 1. The number of nitrogens with two attached hydrogens (primary N) is 1. The van der Waals surface area contributed by atoms with Crippen LogP contribution in [0.2, 0.25) is 0 Å². The SMILES string of the molecule is [C-]#[N+]c1c(-c2ccc(C(C)C(=O)Cc3cc(C45CC(C)(C4)C5)no3)cc2F)nn(C2(C)CC2)c1N. The van der Waals surface area contributed by atoms with Crippen LogP contribution >= 0.6 is 0 Å². The van der Waals surface area contributed by atoms with Gasteiger partial charge in [-0.05, 0) is 56.1 Å². The number of carbonyl (C=O) groups excluding carboxylic acids is 1. The van der Waals surface area contributed by atoms with Crippen LogP contribution < -0.4 is 5.73 Å². The average molecular weight is 474 g/mol. The minimum Gasteiger partial charge on any atom is -0.393 e. The van der Waals surface area contributed by atoms with Crippen LogP contribution in [0.5, 0.6) is 0 Å². The van der Waals surface area contributed by atoms with Crippen molar-refractivity contribution >= 4 is 17.3 Å². The molecule has 3 aromatic rings. The van der Waals surface area contributed by atoms with E-state index in [1.807, 2.05) is 13.0 Å². The van der Waals surface area contributed by atoms with E-state index >= 15 is 4.39 Å². The molecule has 8 heteroatoms. The highest BCUT2D eigenvalue weighted by molar-refractivity contribution is 5.88. The van der Waals surface area contributed by atoms with Gasteiger partial charge in [-0.15, -0.1) is 0 Å². The van der Waals surface area contributed by atoms with Gasteiger partial charge in [0.25, 0.3) is 5.69 Å². The summed E-state index contributed by atoms with van der Waals surface area (Å²) >= 11 is 0. The van der Waals surface area contributed by atoms with Crippen LogP contribution in [0.4, 0.5) is 15.9 Å². The third-order valence-electron chi connectivity index (χ3n) is 8.47. The first-order chi connectivity index (χ1) is 16.6. The van der Waals surface area contributed by atoms with Gasteiger partial charge < -0.3 is 10.3 Å². The summed E-state index contributed by atoms with van der Waals surface area (Å²) in [4.78, 5) is 16.5. The Labute approximate surface area is 203 Å². The summed E-state index contributed by atoms with van der Waals surface area (Å²) in [6, 6.07) is 6.57. The van der Waals surface area contributed by atoms with Gasteiger partial charge in [0.05, 0.1) is 24.2 Å². The van der Waals surface area contributed by atoms with Gasteiger partial charge in [-0.25, -0.2) is 9.24 Å². The van der Waals surface area contributed by atoms with Gasteiger partial charge in [0.1, 0.15) is 28.9 Å². The molecule has 7 nitrogen and oxygen atoms in total. The molecule has 180 valence electrons. The number of hydrogen-bond acceptors (Lipinski definition) is 5. The maximum Gasteiger partial charge on any atom is 0.255 e. The summed E-state index contributed by atoms with van der Waals surface area (Å²) in [6.07, 6.45) is 5.38. The largest absolute Gasteiger partial charge is 0.393 e. The van der Waals surface area contributed by atoms with Crippen LogP contribution in [0.3, 0.4) is 0 Å². The first-order valence-electron chi connectivity index (χ1n) is 12.1. The van der Waals surface area contributed by atoms with E-state index in [4.69, 9.17) is 16.8 Å². The number of benzene rings is 1. The standard InChI is InChI=1S/C27H28FN5O2/c1-15(20(34)10-17-11-21(32-35-17)27-12-25(2,13-27)14-27)16-5-6-18(19(28)9-16)22-23(30-4)24(29)33(31-22)26(3)7-8-26/h5-6,9,11,15H,7-8,10,12-14,29H2,1-3H3. The fraction of sp³-hybridized carbons (Fsp3) is 0.481. The lowest BCUT2D eigenvalue weighted by Crippen LogP contribution is -2.63. The molecule has 1 unspecified atom stereocenters. The smallest absolute Gasteiger partial charge is 0.255 e. The molecule has 2 aromatic heterocycles. The zero-order chi connectivity index (χ0) is 24.8. The molecule has 0 radical (unpaired) electrons. The van der Waals surface area contributed by atoms with Gasteiger partial charge in [0, 0.05) is 23.0 Å². The number of rotatable bonds is 7. The second kappa shape index (κ2) is 7.03. The van der Waals surface area contributed by atoms with Crippen molar-refractivity contribution in [1.82, 2.24) is 14.9 Å². The zero-order valence-corrected chi connectivity index (χ0v) is 20.2. The van der Waals surface area contributed by atoms with E-state index in [2.05, 4.69) is 22.0 Å². The third-order valence-corrected chi connectivity index (χ3v) is 8.47. The predicted molar refractivity (Wildman–Crippen MR) is 128 cm³/mol.